The number of para-hydroxylation sites is 2. The van der Waals surface area contributed by atoms with Crippen molar-refractivity contribution < 1.29 is 9.47 Å². The molecule has 3 aromatic heterocycles. The Balaban J connectivity index is 1.39. The summed E-state index contributed by atoms with van der Waals surface area (Å²) in [6, 6.07) is 9.14. The molecule has 5 rings (SSSR count). The smallest absolute Gasteiger partial charge is 0.258 e. The van der Waals surface area contributed by atoms with Crippen molar-refractivity contribution in [1.82, 2.24) is 24.1 Å². The molecule has 1 atom stereocenters. The first kappa shape index (κ1) is 19.8. The van der Waals surface area contributed by atoms with E-state index in [0.717, 1.165) is 11.4 Å². The maximum Gasteiger partial charge on any atom is 0.258 e. The van der Waals surface area contributed by atoms with E-state index in [1.165, 1.54) is 23.1 Å². The van der Waals surface area contributed by atoms with Gasteiger partial charge in [0, 0.05) is 29.4 Å². The van der Waals surface area contributed by atoms with Crippen LogP contribution in [0.5, 0.6) is 11.5 Å². The summed E-state index contributed by atoms with van der Waals surface area (Å²) in [5.74, 6) is 2.59. The van der Waals surface area contributed by atoms with Gasteiger partial charge in [-0.05, 0) is 19.1 Å². The van der Waals surface area contributed by atoms with E-state index < -0.39 is 0 Å². The van der Waals surface area contributed by atoms with Crippen LogP contribution in [0.25, 0.3) is 4.96 Å². The van der Waals surface area contributed by atoms with Gasteiger partial charge < -0.3 is 9.47 Å². The molecule has 0 radical (unpaired) electrons. The van der Waals surface area contributed by atoms with E-state index in [1.807, 2.05) is 41.1 Å². The Bertz CT molecular complexity index is 1330. The van der Waals surface area contributed by atoms with Gasteiger partial charge >= 0.3 is 0 Å². The van der Waals surface area contributed by atoms with Gasteiger partial charge in [0.2, 0.25) is 0 Å². The third kappa shape index (κ3) is 3.72. The molecular formula is C21H19N5O3S2. The fourth-order valence-corrected chi connectivity index (χ4v) is 5.14. The van der Waals surface area contributed by atoms with Crippen LogP contribution in [-0.4, -0.2) is 30.8 Å². The zero-order chi connectivity index (χ0) is 21.4. The lowest BCUT2D eigenvalue weighted by Crippen LogP contribution is -2.25. The number of aryl methyl sites for hydroxylation is 1. The lowest BCUT2D eigenvalue weighted by Gasteiger charge is -2.26. The number of benzene rings is 1. The van der Waals surface area contributed by atoms with Crippen LogP contribution in [0.1, 0.15) is 23.3 Å². The molecule has 4 heterocycles. The van der Waals surface area contributed by atoms with Gasteiger partial charge in [-0.1, -0.05) is 30.0 Å². The molecule has 31 heavy (non-hydrogen) atoms. The third-order valence-electron chi connectivity index (χ3n) is 4.83. The van der Waals surface area contributed by atoms with Crippen molar-refractivity contribution in [3.63, 3.8) is 0 Å². The van der Waals surface area contributed by atoms with E-state index in [0.29, 0.717) is 46.3 Å². The van der Waals surface area contributed by atoms with Crippen molar-refractivity contribution in [2.75, 3.05) is 6.61 Å². The second-order valence-corrected chi connectivity index (χ2v) is 8.75. The molecule has 8 nitrogen and oxygen atoms in total. The molecular weight excluding hydrogens is 434 g/mol. The van der Waals surface area contributed by atoms with Gasteiger partial charge in [-0.2, -0.15) is 0 Å². The van der Waals surface area contributed by atoms with Gasteiger partial charge in [-0.25, -0.2) is 4.98 Å². The molecule has 0 amide bonds. The predicted molar refractivity (Wildman–Crippen MR) is 119 cm³/mol. The van der Waals surface area contributed by atoms with Crippen molar-refractivity contribution in [3.05, 3.63) is 75.9 Å². The Morgan fingerprint density at radius 2 is 2.16 bits per heavy atom. The quantitative estimate of drug-likeness (QED) is 0.325. The first-order valence-corrected chi connectivity index (χ1v) is 11.5. The summed E-state index contributed by atoms with van der Waals surface area (Å²) in [5, 5.41) is 11.4. The van der Waals surface area contributed by atoms with Crippen LogP contribution < -0.4 is 15.0 Å². The standard InChI is InChI=1S/C21H19N5O3S2/c1-3-8-25-19(17-10-28-15-6-4-5-7-16(15)29-17)23-24-21(25)31-12-14-9-18(27)26-13(2)11-30-20(26)22-14/h3-7,9,11,17H,1,8,10,12H2,2H3/t17-/m0/s1. The van der Waals surface area contributed by atoms with Crippen LogP contribution in [0.2, 0.25) is 0 Å². The average molecular weight is 454 g/mol. The van der Waals surface area contributed by atoms with E-state index >= 15 is 0 Å². The molecule has 10 heteroatoms. The number of hydrogen-bond acceptors (Lipinski definition) is 8. The van der Waals surface area contributed by atoms with Crippen LogP contribution in [0.3, 0.4) is 0 Å². The molecule has 0 bridgehead atoms. The largest absolute Gasteiger partial charge is 0.485 e. The normalized spacial score (nSPS) is 15.3. The molecule has 4 aromatic rings. The van der Waals surface area contributed by atoms with E-state index in [2.05, 4.69) is 21.8 Å². The minimum atomic E-state index is -0.370. The maximum atomic E-state index is 12.4. The molecule has 0 saturated heterocycles. The summed E-state index contributed by atoms with van der Waals surface area (Å²) in [4.78, 5) is 17.7. The molecule has 0 unspecified atom stereocenters. The second kappa shape index (κ2) is 8.20. The fourth-order valence-electron chi connectivity index (χ4n) is 3.41. The van der Waals surface area contributed by atoms with Crippen LogP contribution in [0.4, 0.5) is 0 Å². The number of allylic oxidation sites excluding steroid dienone is 1. The number of aromatic nitrogens is 5. The second-order valence-electron chi connectivity index (χ2n) is 6.97. The Kier molecular flexibility index (Phi) is 5.24. The molecule has 0 aliphatic carbocycles. The fraction of sp³-hybridized carbons (Fsp3) is 0.238. The summed E-state index contributed by atoms with van der Waals surface area (Å²) in [7, 11) is 0. The highest BCUT2D eigenvalue weighted by molar-refractivity contribution is 7.98. The predicted octanol–water partition coefficient (Wildman–Crippen LogP) is 3.65. The first-order chi connectivity index (χ1) is 15.1. The van der Waals surface area contributed by atoms with Crippen molar-refractivity contribution in [2.24, 2.45) is 0 Å². The zero-order valence-corrected chi connectivity index (χ0v) is 18.4. The number of rotatable bonds is 6. The summed E-state index contributed by atoms with van der Waals surface area (Å²) in [6.45, 7) is 6.64. The summed E-state index contributed by atoms with van der Waals surface area (Å²) in [6.07, 6.45) is 1.42. The minimum Gasteiger partial charge on any atom is -0.485 e. The van der Waals surface area contributed by atoms with Crippen LogP contribution in [0, 0.1) is 6.92 Å². The molecule has 0 fully saturated rings. The van der Waals surface area contributed by atoms with Crippen molar-refractivity contribution in [1.29, 1.82) is 0 Å². The van der Waals surface area contributed by atoms with Gasteiger partial charge in [0.1, 0.15) is 6.61 Å². The van der Waals surface area contributed by atoms with E-state index in [-0.39, 0.29) is 11.7 Å². The summed E-state index contributed by atoms with van der Waals surface area (Å²) in [5.41, 5.74) is 1.53. The molecule has 1 aliphatic rings. The molecule has 0 N–H and O–H groups in total. The first-order valence-electron chi connectivity index (χ1n) is 9.66. The molecule has 0 saturated carbocycles. The Labute approximate surface area is 186 Å². The topological polar surface area (TPSA) is 83.5 Å². The van der Waals surface area contributed by atoms with Crippen molar-refractivity contribution in [2.45, 2.75) is 30.5 Å². The molecule has 158 valence electrons. The number of nitrogens with zero attached hydrogens (tertiary/aromatic N) is 5. The van der Waals surface area contributed by atoms with Gasteiger partial charge in [-0.15, -0.1) is 28.1 Å². The minimum absolute atomic E-state index is 0.0704. The van der Waals surface area contributed by atoms with Crippen LogP contribution in [0.15, 0.2) is 58.3 Å². The highest BCUT2D eigenvalue weighted by Crippen LogP contribution is 2.36. The summed E-state index contributed by atoms with van der Waals surface area (Å²) < 4.78 is 15.5. The molecule has 1 aliphatic heterocycles. The number of fused-ring (bicyclic) bond motifs is 2. The van der Waals surface area contributed by atoms with Crippen LogP contribution in [-0.2, 0) is 12.3 Å². The Morgan fingerprint density at radius 3 is 3.00 bits per heavy atom. The van der Waals surface area contributed by atoms with Gasteiger partial charge in [0.05, 0.1) is 5.69 Å². The number of ether oxygens (including phenoxy) is 2. The van der Waals surface area contributed by atoms with E-state index in [4.69, 9.17) is 9.47 Å². The summed E-state index contributed by atoms with van der Waals surface area (Å²) >= 11 is 2.93. The van der Waals surface area contributed by atoms with Gasteiger partial charge in [0.15, 0.2) is 33.5 Å². The van der Waals surface area contributed by atoms with Crippen molar-refractivity contribution >= 4 is 28.1 Å². The van der Waals surface area contributed by atoms with Gasteiger partial charge in [0.25, 0.3) is 5.56 Å². The Morgan fingerprint density at radius 1 is 1.32 bits per heavy atom. The molecule has 1 aromatic carbocycles. The van der Waals surface area contributed by atoms with Crippen LogP contribution >= 0.6 is 23.1 Å². The third-order valence-corrected chi connectivity index (χ3v) is 6.78. The number of hydrogen-bond donors (Lipinski definition) is 0. The van der Waals surface area contributed by atoms with Crippen molar-refractivity contribution in [3.8, 4) is 11.5 Å². The highest BCUT2D eigenvalue weighted by atomic mass is 32.2. The van der Waals surface area contributed by atoms with E-state index in [9.17, 15) is 4.79 Å². The lowest BCUT2D eigenvalue weighted by molar-refractivity contribution is 0.0821. The molecule has 0 spiro atoms. The van der Waals surface area contributed by atoms with E-state index in [1.54, 1.807) is 16.5 Å². The monoisotopic (exact) mass is 453 g/mol. The number of thioether (sulfide) groups is 1. The zero-order valence-electron chi connectivity index (χ0n) is 16.7. The lowest BCUT2D eigenvalue weighted by atomic mass is 10.2. The number of thiazole rings is 1. The maximum absolute atomic E-state index is 12.4. The van der Waals surface area contributed by atoms with Gasteiger partial charge in [-0.3, -0.25) is 13.8 Å². The SMILES string of the molecule is C=CCn1c(SCc2cc(=O)n3c(C)csc3n2)nnc1[C@@H]1COc2ccccc2O1. The highest BCUT2D eigenvalue weighted by Gasteiger charge is 2.28. The average Bonchev–Trinajstić information content (AvgIpc) is 3.36. The Hall–Kier alpha value is -3.11.